The van der Waals surface area contributed by atoms with Gasteiger partial charge in [-0.05, 0) is 55.7 Å². The van der Waals surface area contributed by atoms with Crippen molar-refractivity contribution < 1.29 is 27.1 Å². The lowest BCUT2D eigenvalue weighted by Crippen LogP contribution is -2.15. The summed E-state index contributed by atoms with van der Waals surface area (Å²) in [6.07, 6.45) is -2.07. The van der Waals surface area contributed by atoms with E-state index in [9.17, 15) is 18.0 Å². The van der Waals surface area contributed by atoms with Gasteiger partial charge in [-0.3, -0.25) is 4.79 Å². The van der Waals surface area contributed by atoms with Gasteiger partial charge in [-0.25, -0.2) is 0 Å². The minimum Gasteiger partial charge on any atom is -0.493 e. The van der Waals surface area contributed by atoms with Gasteiger partial charge in [0, 0.05) is 6.07 Å². The van der Waals surface area contributed by atoms with Crippen LogP contribution in [-0.4, -0.2) is 6.61 Å². The second-order valence-electron chi connectivity index (χ2n) is 7.23. The first-order valence-electron chi connectivity index (χ1n) is 9.76. The summed E-state index contributed by atoms with van der Waals surface area (Å²) in [6, 6.07) is 9.21. The molecule has 0 unspecified atom stereocenters. The topological polar surface area (TPSA) is 48.7 Å². The Morgan fingerprint density at radius 1 is 0.967 bits per heavy atom. The summed E-state index contributed by atoms with van der Waals surface area (Å²) >= 11 is 0. The molecule has 0 aliphatic rings. The number of benzene rings is 2. The molecule has 1 aromatic heterocycles. The van der Waals surface area contributed by atoms with Crippen LogP contribution >= 0.6 is 0 Å². The molecule has 1 heterocycles. The first kappa shape index (κ1) is 21.7. The number of alkyl halides is 3. The monoisotopic (exact) mass is 420 g/mol. The fourth-order valence-electron chi connectivity index (χ4n) is 3.18. The molecular weight excluding hydrogens is 397 g/mol. The van der Waals surface area contributed by atoms with Gasteiger partial charge in [0.2, 0.25) is 11.2 Å². The maximum atomic E-state index is 13.7. The lowest BCUT2D eigenvalue weighted by atomic mass is 10.1. The molecule has 0 saturated carbocycles. The van der Waals surface area contributed by atoms with Gasteiger partial charge in [0.25, 0.3) is 5.76 Å². The van der Waals surface area contributed by atoms with Crippen LogP contribution in [0.15, 0.2) is 45.6 Å². The van der Waals surface area contributed by atoms with E-state index in [1.54, 1.807) is 32.0 Å². The van der Waals surface area contributed by atoms with Crippen molar-refractivity contribution >= 4 is 11.0 Å². The van der Waals surface area contributed by atoms with Gasteiger partial charge in [0.15, 0.2) is 0 Å². The second kappa shape index (κ2) is 8.81. The fraction of sp³-hybridized carbons (Fsp3) is 0.348. The molecule has 0 radical (unpaired) electrons. The molecule has 0 aliphatic carbocycles. The molecule has 0 N–H and O–H groups in total. The zero-order valence-corrected chi connectivity index (χ0v) is 17.1. The van der Waals surface area contributed by atoms with Crippen LogP contribution in [0.4, 0.5) is 13.2 Å². The quantitative estimate of drug-likeness (QED) is 0.395. The zero-order valence-electron chi connectivity index (χ0n) is 17.1. The summed E-state index contributed by atoms with van der Waals surface area (Å²) < 4.78 is 57.1. The molecule has 3 aromatic rings. The molecule has 0 atom stereocenters. The van der Waals surface area contributed by atoms with Gasteiger partial charge in [-0.15, -0.1) is 0 Å². The van der Waals surface area contributed by atoms with E-state index in [-0.39, 0.29) is 16.7 Å². The Bertz CT molecular complexity index is 1080. The Morgan fingerprint density at radius 3 is 2.30 bits per heavy atom. The van der Waals surface area contributed by atoms with Crippen LogP contribution in [0.2, 0.25) is 0 Å². The van der Waals surface area contributed by atoms with Crippen LogP contribution in [0.25, 0.3) is 11.0 Å². The summed E-state index contributed by atoms with van der Waals surface area (Å²) in [6.45, 7) is 6.07. The van der Waals surface area contributed by atoms with E-state index in [0.29, 0.717) is 12.4 Å². The summed E-state index contributed by atoms with van der Waals surface area (Å²) in [5, 5.41) is -0.0108. The highest BCUT2D eigenvalue weighted by Gasteiger charge is 2.40. The Labute approximate surface area is 172 Å². The smallest absolute Gasteiger partial charge is 0.453 e. The molecule has 160 valence electrons. The number of unbranched alkanes of at least 4 members (excludes halogenated alkanes) is 2. The molecule has 0 amide bonds. The molecular formula is C23H23F3O4. The predicted octanol–water partition coefficient (Wildman–Crippen LogP) is 6.79. The van der Waals surface area contributed by atoms with Crippen LogP contribution in [-0.2, 0) is 6.18 Å². The van der Waals surface area contributed by atoms with Crippen molar-refractivity contribution in [1.29, 1.82) is 0 Å². The van der Waals surface area contributed by atoms with Crippen molar-refractivity contribution in [2.45, 2.75) is 46.2 Å². The van der Waals surface area contributed by atoms with Crippen molar-refractivity contribution in [1.82, 2.24) is 0 Å². The number of aryl methyl sites for hydroxylation is 2. The van der Waals surface area contributed by atoms with Crippen LogP contribution in [0, 0.1) is 13.8 Å². The zero-order chi connectivity index (χ0) is 21.9. The highest BCUT2D eigenvalue weighted by molar-refractivity contribution is 5.79. The number of rotatable bonds is 7. The highest BCUT2D eigenvalue weighted by atomic mass is 19.4. The lowest BCUT2D eigenvalue weighted by Gasteiger charge is -2.14. The van der Waals surface area contributed by atoms with Gasteiger partial charge in [0.1, 0.15) is 17.1 Å². The predicted molar refractivity (Wildman–Crippen MR) is 108 cm³/mol. The Hall–Kier alpha value is -2.96. The minimum atomic E-state index is -4.90. The van der Waals surface area contributed by atoms with E-state index in [0.717, 1.165) is 30.4 Å². The van der Waals surface area contributed by atoms with Gasteiger partial charge in [-0.2, -0.15) is 13.2 Å². The molecule has 0 aliphatic heterocycles. The standard InChI is InChI=1S/C23H23F3O4/c1-4-5-6-9-28-16-7-8-18-19(13-16)30-22(23(24,25)26)21(20(18)27)29-17-11-14(2)10-15(3)12-17/h7-8,10-13H,4-6,9H2,1-3H3. The number of halogens is 3. The normalized spacial score (nSPS) is 11.7. The van der Waals surface area contributed by atoms with E-state index < -0.39 is 23.1 Å². The van der Waals surface area contributed by atoms with Crippen molar-refractivity contribution in [2.75, 3.05) is 6.61 Å². The van der Waals surface area contributed by atoms with Crippen molar-refractivity contribution in [3.05, 3.63) is 63.5 Å². The average Bonchev–Trinajstić information content (AvgIpc) is 2.65. The van der Waals surface area contributed by atoms with Crippen LogP contribution < -0.4 is 14.9 Å². The van der Waals surface area contributed by atoms with Gasteiger partial charge >= 0.3 is 6.18 Å². The molecule has 30 heavy (non-hydrogen) atoms. The van der Waals surface area contributed by atoms with Gasteiger partial charge in [0.05, 0.1) is 12.0 Å². The summed E-state index contributed by atoms with van der Waals surface area (Å²) in [5.41, 5.74) is 0.510. The first-order chi connectivity index (χ1) is 14.2. The van der Waals surface area contributed by atoms with Crippen molar-refractivity contribution in [2.24, 2.45) is 0 Å². The number of hydrogen-bond donors (Lipinski definition) is 0. The van der Waals surface area contributed by atoms with E-state index in [1.807, 2.05) is 6.07 Å². The number of fused-ring (bicyclic) bond motifs is 1. The third-order valence-electron chi connectivity index (χ3n) is 4.51. The number of ether oxygens (including phenoxy) is 2. The molecule has 0 bridgehead atoms. The van der Waals surface area contributed by atoms with E-state index >= 15 is 0 Å². The SMILES string of the molecule is CCCCCOc1ccc2c(=O)c(Oc3cc(C)cc(C)c3)c(C(F)(F)F)oc2c1. The molecule has 0 fully saturated rings. The van der Waals surface area contributed by atoms with Gasteiger partial charge in [-0.1, -0.05) is 25.8 Å². The molecule has 7 heteroatoms. The van der Waals surface area contributed by atoms with Crippen LogP contribution in [0.3, 0.4) is 0 Å². The fourth-order valence-corrected chi connectivity index (χ4v) is 3.18. The van der Waals surface area contributed by atoms with Gasteiger partial charge < -0.3 is 13.9 Å². The summed E-state index contributed by atoms with van der Waals surface area (Å²) in [7, 11) is 0. The largest absolute Gasteiger partial charge is 0.493 e. The highest BCUT2D eigenvalue weighted by Crippen LogP contribution is 2.39. The molecule has 2 aromatic carbocycles. The van der Waals surface area contributed by atoms with Crippen molar-refractivity contribution in [3.8, 4) is 17.2 Å². The maximum Gasteiger partial charge on any atom is 0.453 e. The Morgan fingerprint density at radius 2 is 1.67 bits per heavy atom. The number of hydrogen-bond acceptors (Lipinski definition) is 4. The van der Waals surface area contributed by atoms with E-state index in [4.69, 9.17) is 13.9 Å². The van der Waals surface area contributed by atoms with Crippen LogP contribution in [0.1, 0.15) is 43.1 Å². The van der Waals surface area contributed by atoms with Crippen LogP contribution in [0.5, 0.6) is 17.2 Å². The minimum absolute atomic E-state index is 0.0108. The third kappa shape index (κ3) is 4.96. The third-order valence-corrected chi connectivity index (χ3v) is 4.51. The molecule has 4 nitrogen and oxygen atoms in total. The Balaban J connectivity index is 2.05. The van der Waals surface area contributed by atoms with E-state index in [2.05, 4.69) is 6.92 Å². The molecule has 0 saturated heterocycles. The lowest BCUT2D eigenvalue weighted by molar-refractivity contribution is -0.154. The second-order valence-corrected chi connectivity index (χ2v) is 7.23. The van der Waals surface area contributed by atoms with Crippen molar-refractivity contribution in [3.63, 3.8) is 0 Å². The maximum absolute atomic E-state index is 13.7. The molecule has 0 spiro atoms. The molecule has 3 rings (SSSR count). The van der Waals surface area contributed by atoms with E-state index in [1.165, 1.54) is 12.1 Å². The summed E-state index contributed by atoms with van der Waals surface area (Å²) in [5.74, 6) is -1.86. The summed E-state index contributed by atoms with van der Waals surface area (Å²) in [4.78, 5) is 12.9. The first-order valence-corrected chi connectivity index (χ1v) is 9.76. The average molecular weight is 420 g/mol. The Kier molecular flexibility index (Phi) is 6.39.